The summed E-state index contributed by atoms with van der Waals surface area (Å²) in [5, 5.41) is 2.68. The van der Waals surface area contributed by atoms with E-state index in [0.29, 0.717) is 0 Å². The zero-order chi connectivity index (χ0) is 46.5. The van der Waals surface area contributed by atoms with Gasteiger partial charge in [0.15, 0.2) is 0 Å². The van der Waals surface area contributed by atoms with Crippen LogP contribution in [0.15, 0.2) is 219 Å². The van der Waals surface area contributed by atoms with E-state index in [1.54, 1.807) is 0 Å². The summed E-state index contributed by atoms with van der Waals surface area (Å²) >= 11 is 0. The van der Waals surface area contributed by atoms with Crippen molar-refractivity contribution in [3.63, 3.8) is 0 Å². The molecular weight excluding hydrogens is 1050 g/mol. The maximum Gasteiger partial charge on any atom is 3.00 e. The number of aromatic nitrogens is 3. The Labute approximate surface area is 423 Å². The molecule has 0 atom stereocenters. The zero-order valence-electron chi connectivity index (χ0n) is 39.4. The third-order valence-electron chi connectivity index (χ3n) is 13.1. The van der Waals surface area contributed by atoms with E-state index in [2.05, 4.69) is 209 Å². The number of benzene rings is 7. The van der Waals surface area contributed by atoms with E-state index < -0.39 is 16.1 Å². The first-order valence-electron chi connectivity index (χ1n) is 23.4. The summed E-state index contributed by atoms with van der Waals surface area (Å²) in [5.41, 5.74) is 17.8. The van der Waals surface area contributed by atoms with Crippen LogP contribution in [0.3, 0.4) is 0 Å². The Hall–Kier alpha value is -6.93. The van der Waals surface area contributed by atoms with Crippen molar-refractivity contribution in [2.24, 2.45) is 0 Å². The molecule has 0 radical (unpaired) electrons. The fraction of sp³-hybridized carbons (Fsp3) is 0.0952. The molecule has 0 saturated carbocycles. The van der Waals surface area contributed by atoms with E-state index in [1.807, 2.05) is 54.6 Å². The van der Waals surface area contributed by atoms with E-state index in [9.17, 15) is 0 Å². The van der Waals surface area contributed by atoms with Gasteiger partial charge in [0.1, 0.15) is 0 Å². The van der Waals surface area contributed by atoms with Crippen molar-refractivity contribution in [3.8, 4) is 78.3 Å². The second-order valence-electron chi connectivity index (χ2n) is 19.0. The second-order valence-corrected chi connectivity index (χ2v) is 28.4. The van der Waals surface area contributed by atoms with Gasteiger partial charge >= 0.3 is 20.1 Å². The molecule has 0 spiro atoms. The van der Waals surface area contributed by atoms with Crippen LogP contribution in [0.4, 0.5) is 0 Å². The first kappa shape index (κ1) is 47.2. The quantitative estimate of drug-likeness (QED) is 0.0853. The van der Waals surface area contributed by atoms with E-state index >= 15 is 0 Å². The van der Waals surface area contributed by atoms with E-state index in [1.165, 1.54) is 43.8 Å². The molecule has 0 aliphatic heterocycles. The van der Waals surface area contributed by atoms with Gasteiger partial charge in [-0.05, 0) is 89.6 Å². The third-order valence-corrected chi connectivity index (χ3v) is 19.4. The molecule has 3 nitrogen and oxygen atoms in total. The molecule has 0 aliphatic rings. The zero-order valence-corrected chi connectivity index (χ0v) is 43.8. The van der Waals surface area contributed by atoms with Crippen molar-refractivity contribution in [1.82, 2.24) is 15.0 Å². The average Bonchev–Trinajstić information content (AvgIpc) is 3.39. The van der Waals surface area contributed by atoms with Gasteiger partial charge in [-0.2, -0.15) is 0 Å². The van der Waals surface area contributed by atoms with Crippen molar-refractivity contribution < 1.29 is 20.1 Å². The maximum absolute atomic E-state index is 5.13. The van der Waals surface area contributed by atoms with Crippen LogP contribution >= 0.6 is 0 Å². The van der Waals surface area contributed by atoms with Crippen LogP contribution < -0.4 is 10.4 Å². The molecule has 0 saturated heterocycles. The molecule has 3 heterocycles. The van der Waals surface area contributed by atoms with E-state index in [0.717, 1.165) is 68.1 Å². The van der Waals surface area contributed by atoms with Gasteiger partial charge in [0.05, 0.1) is 16.1 Å². The van der Waals surface area contributed by atoms with E-state index in [4.69, 9.17) is 15.0 Å². The first-order chi connectivity index (χ1) is 33.2. The molecule has 10 aromatic rings. The van der Waals surface area contributed by atoms with E-state index in [-0.39, 0.29) is 20.1 Å². The predicted molar refractivity (Wildman–Crippen MR) is 289 cm³/mol. The summed E-state index contributed by atoms with van der Waals surface area (Å²) in [7, 11) is -4.08. The van der Waals surface area contributed by atoms with Crippen LogP contribution in [-0.2, 0) is 32.2 Å². The van der Waals surface area contributed by atoms with Gasteiger partial charge in [0.25, 0.3) is 0 Å². The van der Waals surface area contributed by atoms with Crippen LogP contribution in [0, 0.1) is 18.2 Å². The molecule has 10 rings (SSSR count). The Morgan fingerprint density at radius 1 is 0.348 bits per heavy atom. The van der Waals surface area contributed by atoms with Crippen LogP contribution in [-0.4, -0.2) is 31.1 Å². The fourth-order valence-electron chi connectivity index (χ4n) is 9.41. The topological polar surface area (TPSA) is 38.7 Å². The van der Waals surface area contributed by atoms with Gasteiger partial charge in [-0.1, -0.05) is 154 Å². The molecule has 7 aromatic carbocycles. The summed E-state index contributed by atoms with van der Waals surface area (Å²) in [6.45, 7) is 9.89. The van der Waals surface area contributed by atoms with Crippen molar-refractivity contribution in [2.45, 2.75) is 38.3 Å². The minimum atomic E-state index is -2.04. The molecule has 0 N–H and O–H groups in total. The van der Waals surface area contributed by atoms with Crippen LogP contribution in [0.5, 0.6) is 0 Å². The normalized spacial score (nSPS) is 11.5. The van der Waals surface area contributed by atoms with Crippen LogP contribution in [0.25, 0.3) is 78.3 Å². The Bertz CT molecular complexity index is 3170. The third kappa shape index (κ3) is 10.7. The molecule has 0 unspecified atom stereocenters. The van der Waals surface area contributed by atoms with Gasteiger partial charge in [-0.15, -0.1) is 108 Å². The average molecular weight is 1100 g/mol. The van der Waals surface area contributed by atoms with Crippen molar-refractivity contribution in [3.05, 3.63) is 248 Å². The number of pyridine rings is 3. The number of hydrogen-bond acceptors (Lipinski definition) is 3. The summed E-state index contributed by atoms with van der Waals surface area (Å²) < 4.78 is 0. The summed E-state index contributed by atoms with van der Waals surface area (Å²) in [4.78, 5) is 15.1. The molecule has 336 valence electrons. The van der Waals surface area contributed by atoms with Gasteiger partial charge in [0, 0.05) is 24.2 Å². The Balaban J connectivity index is 0.00000593. The number of rotatable bonds is 13. The number of hydrogen-bond donors (Lipinski definition) is 0. The summed E-state index contributed by atoms with van der Waals surface area (Å²) in [5.74, 6) is 0. The summed E-state index contributed by atoms with van der Waals surface area (Å²) in [6.07, 6.45) is 6.29. The molecule has 0 aliphatic carbocycles. The molecule has 0 fully saturated rings. The van der Waals surface area contributed by atoms with Crippen LogP contribution in [0.2, 0.25) is 26.2 Å². The van der Waals surface area contributed by atoms with Gasteiger partial charge in [-0.3, -0.25) is 0 Å². The van der Waals surface area contributed by atoms with Gasteiger partial charge in [-0.25, -0.2) is 0 Å². The molecular formula is C63H52IrN3Si2. The fourth-order valence-corrected chi connectivity index (χ4v) is 14.2. The van der Waals surface area contributed by atoms with Gasteiger partial charge < -0.3 is 15.0 Å². The van der Waals surface area contributed by atoms with Gasteiger partial charge in [0.2, 0.25) is 0 Å². The van der Waals surface area contributed by atoms with Crippen molar-refractivity contribution >= 4 is 26.5 Å². The predicted octanol–water partition coefficient (Wildman–Crippen LogP) is 14.3. The summed E-state index contributed by atoms with van der Waals surface area (Å²) in [6, 6.07) is 83.2. The standard InChI is InChI=1S/C63H52N3Si2.Ir/c1-67(2,55-33-35-61(64-41-55)51-21-11-6-12-22-51)44-46-37-47(45-68(3,4)56-34-36-62(65-42-56)52-23-13-7-14-24-52)39-54(38-46)57-27-17-18-28-58(57)60-43-66-63(53-25-15-8-16-26-53)40-59(60)50-31-29-49(30-32-50)48-19-9-5-10-20-48;/h5-21,23,25,27-43H,44-45H2,1-4H3;/q-3;+3. The first-order valence-corrected chi connectivity index (χ1v) is 29.8. The minimum Gasteiger partial charge on any atom is -0.305 e. The molecule has 0 amide bonds. The minimum absolute atomic E-state index is 0. The SMILES string of the molecule is C[Si](C)(Cc1cc(C[Si](C)(C)c2ccc(-c3[c-]cccc3)nc2)cc(-c2ccccc2-c2cnc(-c3[c-]cccc3)cc2-c2ccc(-c3ccccc3)cc2)c1)c1ccc(-c2[c-]cccc2)nc1.[Ir+3]. The largest absolute Gasteiger partial charge is 3.00 e. The molecule has 6 heteroatoms. The Morgan fingerprint density at radius 3 is 1.29 bits per heavy atom. The number of nitrogens with zero attached hydrogens (tertiary/aromatic N) is 3. The van der Waals surface area contributed by atoms with Crippen molar-refractivity contribution in [1.29, 1.82) is 0 Å². The Kier molecular flexibility index (Phi) is 14.2. The molecule has 0 bridgehead atoms. The Morgan fingerprint density at radius 2 is 0.797 bits per heavy atom. The molecule has 3 aromatic heterocycles. The molecule has 69 heavy (non-hydrogen) atoms. The van der Waals surface area contributed by atoms with Crippen molar-refractivity contribution in [2.75, 3.05) is 0 Å². The second kappa shape index (κ2) is 20.7. The van der Waals surface area contributed by atoms with Crippen LogP contribution in [0.1, 0.15) is 11.1 Å². The smallest absolute Gasteiger partial charge is 0.305 e. The monoisotopic (exact) mass is 1100 g/mol. The maximum atomic E-state index is 5.13.